The molecule has 0 aliphatic heterocycles. The molecule has 4 N–H and O–H groups in total. The molecule has 6 nitrogen and oxygen atoms in total. The van der Waals surface area contributed by atoms with E-state index in [1.54, 1.807) is 0 Å². The Morgan fingerprint density at radius 2 is 1.88 bits per heavy atom. The van der Waals surface area contributed by atoms with Crippen LogP contribution in [-0.2, 0) is 11.2 Å². The highest BCUT2D eigenvalue weighted by atomic mass is 16.2. The van der Waals surface area contributed by atoms with E-state index in [2.05, 4.69) is 33.1 Å². The zero-order chi connectivity index (χ0) is 18.2. The normalized spacial score (nSPS) is 12.0. The average Bonchev–Trinajstić information content (AvgIpc) is 2.90. The number of rotatable bonds is 8. The van der Waals surface area contributed by atoms with Crippen LogP contribution in [0.2, 0.25) is 0 Å². The Labute approximate surface area is 148 Å². The van der Waals surface area contributed by atoms with Crippen molar-refractivity contribution in [3.05, 3.63) is 35.5 Å². The van der Waals surface area contributed by atoms with Gasteiger partial charge in [-0.15, -0.1) is 0 Å². The predicted molar refractivity (Wildman–Crippen MR) is 101 cm³/mol. The first-order chi connectivity index (χ1) is 12.0. The van der Waals surface area contributed by atoms with E-state index in [9.17, 15) is 9.59 Å². The number of aromatic amines is 1. The Morgan fingerprint density at radius 3 is 2.64 bits per heavy atom. The lowest BCUT2D eigenvalue weighted by molar-refractivity contribution is -0.121. The van der Waals surface area contributed by atoms with E-state index in [0.717, 1.165) is 24.1 Å². The number of carbonyl (C=O) groups is 2. The van der Waals surface area contributed by atoms with E-state index in [1.165, 1.54) is 10.9 Å². The van der Waals surface area contributed by atoms with Crippen molar-refractivity contribution in [2.45, 2.75) is 46.1 Å². The molecular formula is C19H28N4O2. The molecule has 3 amide bonds. The van der Waals surface area contributed by atoms with Gasteiger partial charge in [0.2, 0.25) is 5.91 Å². The number of para-hydroxylation sites is 1. The number of hydrogen-bond acceptors (Lipinski definition) is 2. The number of nitrogens with one attached hydrogen (secondary N) is 4. The summed E-state index contributed by atoms with van der Waals surface area (Å²) in [6, 6.07) is 8.09. The average molecular weight is 344 g/mol. The molecule has 1 atom stereocenters. The molecule has 136 valence electrons. The fraction of sp³-hybridized carbons (Fsp3) is 0.474. The second-order valence-corrected chi connectivity index (χ2v) is 6.33. The van der Waals surface area contributed by atoms with Gasteiger partial charge in [0.15, 0.2) is 0 Å². The highest BCUT2D eigenvalue weighted by Crippen LogP contribution is 2.21. The molecule has 6 heteroatoms. The van der Waals surface area contributed by atoms with Crippen molar-refractivity contribution in [3.63, 3.8) is 0 Å². The summed E-state index contributed by atoms with van der Waals surface area (Å²) in [5.74, 6) is -0.0379. The summed E-state index contributed by atoms with van der Waals surface area (Å²) in [5, 5.41) is 9.63. The Bertz CT molecular complexity index is 723. The Kier molecular flexibility index (Phi) is 6.86. The van der Waals surface area contributed by atoms with Gasteiger partial charge in [0, 0.05) is 42.1 Å². The van der Waals surface area contributed by atoms with Gasteiger partial charge in [-0.1, -0.05) is 25.1 Å². The van der Waals surface area contributed by atoms with E-state index >= 15 is 0 Å². The smallest absolute Gasteiger partial charge is 0.314 e. The Morgan fingerprint density at radius 1 is 1.16 bits per heavy atom. The van der Waals surface area contributed by atoms with Crippen molar-refractivity contribution in [3.8, 4) is 0 Å². The van der Waals surface area contributed by atoms with Gasteiger partial charge in [0.05, 0.1) is 0 Å². The molecule has 0 aliphatic carbocycles. The summed E-state index contributed by atoms with van der Waals surface area (Å²) in [6.45, 7) is 6.91. The van der Waals surface area contributed by atoms with Crippen molar-refractivity contribution in [1.29, 1.82) is 0 Å². The van der Waals surface area contributed by atoms with Gasteiger partial charge >= 0.3 is 6.03 Å². The topological polar surface area (TPSA) is 86.0 Å². The summed E-state index contributed by atoms with van der Waals surface area (Å²) in [4.78, 5) is 26.8. The molecule has 1 heterocycles. The van der Waals surface area contributed by atoms with E-state index < -0.39 is 0 Å². The minimum Gasteiger partial charge on any atom is -0.358 e. The number of aryl methyl sites for hydroxylation is 1. The Hall–Kier alpha value is -2.50. The van der Waals surface area contributed by atoms with Gasteiger partial charge in [-0.05, 0) is 38.3 Å². The van der Waals surface area contributed by atoms with Crippen LogP contribution >= 0.6 is 0 Å². The molecular weight excluding hydrogens is 316 g/mol. The maximum Gasteiger partial charge on any atom is 0.314 e. The van der Waals surface area contributed by atoms with Gasteiger partial charge in [-0.3, -0.25) is 4.79 Å². The van der Waals surface area contributed by atoms with Crippen LogP contribution in [0.1, 0.15) is 37.9 Å². The van der Waals surface area contributed by atoms with Crippen LogP contribution in [-0.4, -0.2) is 36.1 Å². The number of aromatic nitrogens is 1. The Balaban J connectivity index is 1.70. The zero-order valence-corrected chi connectivity index (χ0v) is 15.2. The molecule has 0 saturated carbocycles. The van der Waals surface area contributed by atoms with Crippen LogP contribution in [0, 0.1) is 6.92 Å². The van der Waals surface area contributed by atoms with E-state index in [-0.39, 0.29) is 18.0 Å². The van der Waals surface area contributed by atoms with Gasteiger partial charge in [-0.25, -0.2) is 4.79 Å². The van der Waals surface area contributed by atoms with Gasteiger partial charge < -0.3 is 20.9 Å². The first-order valence-electron chi connectivity index (χ1n) is 8.88. The molecule has 0 fully saturated rings. The van der Waals surface area contributed by atoms with E-state index in [1.807, 2.05) is 32.9 Å². The summed E-state index contributed by atoms with van der Waals surface area (Å²) >= 11 is 0. The van der Waals surface area contributed by atoms with Crippen molar-refractivity contribution in [2.24, 2.45) is 0 Å². The number of H-pyrrole nitrogens is 1. The maximum absolute atomic E-state index is 11.8. The monoisotopic (exact) mass is 344 g/mol. The van der Waals surface area contributed by atoms with Crippen molar-refractivity contribution in [2.75, 3.05) is 13.1 Å². The molecule has 25 heavy (non-hydrogen) atoms. The summed E-state index contributed by atoms with van der Waals surface area (Å²) in [7, 11) is 0. The molecule has 0 unspecified atom stereocenters. The molecule has 0 aliphatic rings. The number of urea groups is 1. The lowest BCUT2D eigenvalue weighted by Crippen LogP contribution is -2.39. The van der Waals surface area contributed by atoms with Gasteiger partial charge in [0.1, 0.15) is 0 Å². The molecule has 2 rings (SSSR count). The van der Waals surface area contributed by atoms with Gasteiger partial charge in [0.25, 0.3) is 0 Å². The lowest BCUT2D eigenvalue weighted by atomic mass is 10.1. The number of benzene rings is 1. The zero-order valence-electron chi connectivity index (χ0n) is 15.2. The highest BCUT2D eigenvalue weighted by molar-refractivity contribution is 5.84. The third-order valence-electron chi connectivity index (χ3n) is 4.34. The number of carbonyl (C=O) groups excluding carboxylic acids is 2. The predicted octanol–water partition coefficient (Wildman–Crippen LogP) is 2.62. The van der Waals surface area contributed by atoms with E-state index in [4.69, 9.17) is 0 Å². The molecule has 1 aromatic carbocycles. The molecule has 0 radical (unpaired) electrons. The van der Waals surface area contributed by atoms with Crippen LogP contribution in [0.5, 0.6) is 0 Å². The number of hydrogen-bond donors (Lipinski definition) is 4. The van der Waals surface area contributed by atoms with Crippen LogP contribution in [0.15, 0.2) is 24.3 Å². The first-order valence-corrected chi connectivity index (χ1v) is 8.88. The molecule has 0 saturated heterocycles. The molecule has 2 aromatic rings. The van der Waals surface area contributed by atoms with Crippen molar-refractivity contribution in [1.82, 2.24) is 20.9 Å². The van der Waals surface area contributed by atoms with Crippen LogP contribution in [0.25, 0.3) is 10.9 Å². The van der Waals surface area contributed by atoms with Gasteiger partial charge in [-0.2, -0.15) is 0 Å². The molecule has 1 aromatic heterocycles. The summed E-state index contributed by atoms with van der Waals surface area (Å²) in [6.07, 6.45) is 1.95. The minimum absolute atomic E-state index is 0.0379. The third kappa shape index (κ3) is 5.52. The SMILES string of the molecule is CC[C@H](C)NC(=O)CCNC(=O)NCCc1c(C)[nH]c2ccccc12. The standard InChI is InChI=1S/C19H28N4O2/c1-4-13(2)22-18(24)10-12-21-19(25)20-11-9-15-14(3)23-17-8-6-5-7-16(15)17/h5-8,13,23H,4,9-12H2,1-3H3,(H,22,24)(H2,20,21,25)/t13-/m0/s1. The van der Waals surface area contributed by atoms with E-state index in [0.29, 0.717) is 19.5 Å². The fourth-order valence-corrected chi connectivity index (χ4v) is 2.76. The molecule has 0 bridgehead atoms. The second kappa shape index (κ2) is 9.11. The largest absolute Gasteiger partial charge is 0.358 e. The number of amides is 3. The van der Waals surface area contributed by atoms with Crippen LogP contribution < -0.4 is 16.0 Å². The lowest BCUT2D eigenvalue weighted by Gasteiger charge is -2.12. The minimum atomic E-state index is -0.242. The van der Waals surface area contributed by atoms with Crippen LogP contribution in [0.4, 0.5) is 4.79 Å². The third-order valence-corrected chi connectivity index (χ3v) is 4.34. The summed E-state index contributed by atoms with van der Waals surface area (Å²) in [5.41, 5.74) is 3.47. The van der Waals surface area contributed by atoms with Crippen molar-refractivity contribution >= 4 is 22.8 Å². The maximum atomic E-state index is 11.8. The second-order valence-electron chi connectivity index (χ2n) is 6.33. The van der Waals surface area contributed by atoms with Crippen molar-refractivity contribution < 1.29 is 9.59 Å². The molecule has 0 spiro atoms. The number of fused-ring (bicyclic) bond motifs is 1. The highest BCUT2D eigenvalue weighted by Gasteiger charge is 2.09. The fourth-order valence-electron chi connectivity index (χ4n) is 2.76. The first kappa shape index (κ1) is 18.8. The summed E-state index contributed by atoms with van der Waals surface area (Å²) < 4.78 is 0. The quantitative estimate of drug-likeness (QED) is 0.593. The van der Waals surface area contributed by atoms with Crippen LogP contribution in [0.3, 0.4) is 0 Å².